The van der Waals surface area contributed by atoms with Crippen molar-refractivity contribution in [2.24, 2.45) is 0 Å². The predicted molar refractivity (Wildman–Crippen MR) is 68.9 cm³/mol. The summed E-state index contributed by atoms with van der Waals surface area (Å²) >= 11 is 3.73. The Bertz CT molecular complexity index is 413. The van der Waals surface area contributed by atoms with Gasteiger partial charge in [-0.2, -0.15) is 0 Å². The van der Waals surface area contributed by atoms with Gasteiger partial charge in [0.1, 0.15) is 0 Å². The molecule has 0 fully saturated rings. The molecule has 0 amide bonds. The van der Waals surface area contributed by atoms with Crippen molar-refractivity contribution < 1.29 is 9.47 Å². The number of hydrogen-bond acceptors (Lipinski definition) is 2. The van der Waals surface area contributed by atoms with Crippen LogP contribution in [0, 0.1) is 0 Å². The Morgan fingerprint density at radius 3 is 2.31 bits per heavy atom. The molecule has 1 aliphatic rings. The summed E-state index contributed by atoms with van der Waals surface area (Å²) < 4.78 is 10.7. The Kier molecular flexibility index (Phi) is 2.91. The lowest BCUT2D eigenvalue weighted by Gasteiger charge is -2.20. The maximum absolute atomic E-state index is 5.35. The highest BCUT2D eigenvalue weighted by Gasteiger charge is 2.36. The Balaban J connectivity index is 2.59. The van der Waals surface area contributed by atoms with Crippen molar-refractivity contribution in [3.05, 3.63) is 23.3 Å². The monoisotopic (exact) mass is 284 g/mol. The zero-order chi connectivity index (χ0) is 11.9. The minimum atomic E-state index is 0.197. The minimum absolute atomic E-state index is 0.197. The lowest BCUT2D eigenvalue weighted by Crippen LogP contribution is -2.12. The fourth-order valence-electron chi connectivity index (χ4n) is 2.41. The first kappa shape index (κ1) is 11.8. The number of ether oxygens (including phenoxy) is 2. The van der Waals surface area contributed by atoms with Gasteiger partial charge in [0.2, 0.25) is 0 Å². The summed E-state index contributed by atoms with van der Waals surface area (Å²) in [5.41, 5.74) is 2.87. The van der Waals surface area contributed by atoms with E-state index in [2.05, 4.69) is 41.9 Å². The van der Waals surface area contributed by atoms with Gasteiger partial charge in [0, 0.05) is 4.83 Å². The quantitative estimate of drug-likeness (QED) is 0.769. The van der Waals surface area contributed by atoms with E-state index >= 15 is 0 Å². The Hall–Kier alpha value is -0.700. The molecule has 3 heteroatoms. The summed E-state index contributed by atoms with van der Waals surface area (Å²) in [6.07, 6.45) is 1.11. The standard InChI is InChI=1S/C13H17BrO2/c1-13(2)7-10(14)8-5-11(15-3)12(16-4)6-9(8)13/h5-6,10H,7H2,1-4H3. The normalized spacial score (nSPS) is 21.7. The van der Waals surface area contributed by atoms with Gasteiger partial charge in [0.05, 0.1) is 14.2 Å². The average Bonchev–Trinajstić information content (AvgIpc) is 2.47. The minimum Gasteiger partial charge on any atom is -0.493 e. The molecule has 0 radical (unpaired) electrons. The molecule has 0 aromatic heterocycles. The van der Waals surface area contributed by atoms with Gasteiger partial charge in [0.15, 0.2) is 11.5 Å². The van der Waals surface area contributed by atoms with E-state index in [4.69, 9.17) is 9.47 Å². The summed E-state index contributed by atoms with van der Waals surface area (Å²) in [7, 11) is 3.35. The summed E-state index contributed by atoms with van der Waals surface area (Å²) in [6, 6.07) is 4.19. The molecule has 88 valence electrons. The van der Waals surface area contributed by atoms with Crippen LogP contribution in [0.5, 0.6) is 11.5 Å². The highest BCUT2D eigenvalue weighted by atomic mass is 79.9. The lowest BCUT2D eigenvalue weighted by molar-refractivity contribution is 0.353. The fourth-order valence-corrected chi connectivity index (χ4v) is 3.60. The smallest absolute Gasteiger partial charge is 0.161 e. The third-order valence-electron chi connectivity index (χ3n) is 3.31. The van der Waals surface area contributed by atoms with Crippen LogP contribution >= 0.6 is 15.9 Å². The van der Waals surface area contributed by atoms with Gasteiger partial charge in [-0.05, 0) is 35.1 Å². The molecule has 0 aliphatic heterocycles. The highest BCUT2D eigenvalue weighted by molar-refractivity contribution is 9.09. The van der Waals surface area contributed by atoms with E-state index in [-0.39, 0.29) is 5.41 Å². The number of halogens is 1. The lowest BCUT2D eigenvalue weighted by atomic mass is 9.86. The van der Waals surface area contributed by atoms with Gasteiger partial charge >= 0.3 is 0 Å². The number of fused-ring (bicyclic) bond motifs is 1. The van der Waals surface area contributed by atoms with E-state index in [1.807, 2.05) is 0 Å². The van der Waals surface area contributed by atoms with Crippen LogP contribution in [-0.4, -0.2) is 14.2 Å². The van der Waals surface area contributed by atoms with Crippen molar-refractivity contribution in [1.82, 2.24) is 0 Å². The molecule has 2 rings (SSSR count). The topological polar surface area (TPSA) is 18.5 Å². The molecule has 0 saturated heterocycles. The van der Waals surface area contributed by atoms with Gasteiger partial charge in [-0.1, -0.05) is 29.8 Å². The summed E-state index contributed by atoms with van der Waals surface area (Å²) in [4.78, 5) is 0.414. The molecule has 0 saturated carbocycles. The number of alkyl halides is 1. The first-order chi connectivity index (χ1) is 7.49. The average molecular weight is 285 g/mol. The third kappa shape index (κ3) is 1.71. The van der Waals surface area contributed by atoms with Gasteiger partial charge in [0.25, 0.3) is 0 Å². The molecule has 0 heterocycles. The molecule has 0 bridgehead atoms. The van der Waals surface area contributed by atoms with E-state index in [0.717, 1.165) is 17.9 Å². The van der Waals surface area contributed by atoms with Crippen LogP contribution in [0.4, 0.5) is 0 Å². The van der Waals surface area contributed by atoms with Crippen LogP contribution in [0.25, 0.3) is 0 Å². The molecule has 16 heavy (non-hydrogen) atoms. The van der Waals surface area contributed by atoms with Crippen LogP contribution in [0.15, 0.2) is 12.1 Å². The molecule has 1 atom stereocenters. The van der Waals surface area contributed by atoms with Gasteiger partial charge in [-0.3, -0.25) is 0 Å². The Labute approximate surface area is 105 Å². The second-order valence-corrected chi connectivity index (χ2v) is 5.96. The molecule has 2 nitrogen and oxygen atoms in total. The third-order valence-corrected chi connectivity index (χ3v) is 4.13. The van der Waals surface area contributed by atoms with E-state index in [9.17, 15) is 0 Å². The van der Waals surface area contributed by atoms with E-state index < -0.39 is 0 Å². The second-order valence-electron chi connectivity index (χ2n) is 4.85. The summed E-state index contributed by atoms with van der Waals surface area (Å²) in [6.45, 7) is 4.53. The van der Waals surface area contributed by atoms with Crippen LogP contribution in [0.2, 0.25) is 0 Å². The molecular weight excluding hydrogens is 268 g/mol. The van der Waals surface area contributed by atoms with E-state index in [0.29, 0.717) is 4.83 Å². The number of hydrogen-bond donors (Lipinski definition) is 0. The Morgan fingerprint density at radius 2 is 1.75 bits per heavy atom. The van der Waals surface area contributed by atoms with Gasteiger partial charge < -0.3 is 9.47 Å². The molecule has 1 aromatic carbocycles. The van der Waals surface area contributed by atoms with Crippen molar-refractivity contribution in [1.29, 1.82) is 0 Å². The first-order valence-electron chi connectivity index (χ1n) is 5.40. The molecule has 1 aromatic rings. The molecule has 1 aliphatic carbocycles. The fraction of sp³-hybridized carbons (Fsp3) is 0.538. The Morgan fingerprint density at radius 1 is 1.19 bits per heavy atom. The van der Waals surface area contributed by atoms with E-state index in [1.54, 1.807) is 14.2 Å². The zero-order valence-corrected chi connectivity index (χ0v) is 11.7. The van der Waals surface area contributed by atoms with Crippen LogP contribution in [0.1, 0.15) is 36.2 Å². The number of rotatable bonds is 2. The maximum atomic E-state index is 5.35. The van der Waals surface area contributed by atoms with Crippen LogP contribution in [-0.2, 0) is 5.41 Å². The first-order valence-corrected chi connectivity index (χ1v) is 6.31. The summed E-state index contributed by atoms with van der Waals surface area (Å²) in [5, 5.41) is 0. The molecule has 1 unspecified atom stereocenters. The molecular formula is C13H17BrO2. The molecule has 0 N–H and O–H groups in total. The van der Waals surface area contributed by atoms with Crippen molar-refractivity contribution in [2.75, 3.05) is 14.2 Å². The van der Waals surface area contributed by atoms with E-state index in [1.165, 1.54) is 11.1 Å². The van der Waals surface area contributed by atoms with Crippen molar-refractivity contribution in [3.63, 3.8) is 0 Å². The zero-order valence-electron chi connectivity index (χ0n) is 10.1. The maximum Gasteiger partial charge on any atom is 0.161 e. The predicted octanol–water partition coefficient (Wildman–Crippen LogP) is 3.82. The second kappa shape index (κ2) is 3.95. The highest BCUT2D eigenvalue weighted by Crippen LogP contribution is 2.51. The largest absolute Gasteiger partial charge is 0.493 e. The van der Waals surface area contributed by atoms with Crippen molar-refractivity contribution in [2.45, 2.75) is 30.5 Å². The van der Waals surface area contributed by atoms with Crippen molar-refractivity contribution >= 4 is 15.9 Å². The summed E-state index contributed by atoms with van der Waals surface area (Å²) in [5.74, 6) is 1.62. The van der Waals surface area contributed by atoms with Gasteiger partial charge in [-0.25, -0.2) is 0 Å². The molecule has 0 spiro atoms. The number of benzene rings is 1. The van der Waals surface area contributed by atoms with Gasteiger partial charge in [-0.15, -0.1) is 0 Å². The van der Waals surface area contributed by atoms with Crippen LogP contribution in [0.3, 0.4) is 0 Å². The SMILES string of the molecule is COc1cc2c(cc1OC)C(C)(C)CC2Br. The van der Waals surface area contributed by atoms with Crippen molar-refractivity contribution in [3.8, 4) is 11.5 Å². The number of methoxy groups -OCH3 is 2. The van der Waals surface area contributed by atoms with Crippen LogP contribution < -0.4 is 9.47 Å².